The van der Waals surface area contributed by atoms with Crippen LogP contribution in [0, 0.1) is 0 Å². The summed E-state index contributed by atoms with van der Waals surface area (Å²) >= 11 is 0. The van der Waals surface area contributed by atoms with Crippen LogP contribution in [0.5, 0.6) is 0 Å². The molecule has 4 nitrogen and oxygen atoms in total. The van der Waals surface area contributed by atoms with E-state index >= 15 is 0 Å². The van der Waals surface area contributed by atoms with Crippen molar-refractivity contribution in [2.24, 2.45) is 0 Å². The van der Waals surface area contributed by atoms with Gasteiger partial charge in [-0.25, -0.2) is 0 Å². The van der Waals surface area contributed by atoms with Crippen LogP contribution in [0.15, 0.2) is 18.2 Å². The Hall–Kier alpha value is -1.55. The van der Waals surface area contributed by atoms with Crippen LogP contribution in [0.4, 0.5) is 5.69 Å². The number of benzene rings is 1. The molecule has 1 amide bonds. The maximum absolute atomic E-state index is 11.5. The standard InChI is InChI=1S/C13H19N3O/c1-2-15-13(17)9-16-7-6-11-10(8-16)4-3-5-12(11)14/h3-5H,2,6-9,14H2,1H3,(H,15,17). The molecule has 2 rings (SSSR count). The predicted molar refractivity (Wildman–Crippen MR) is 68.5 cm³/mol. The van der Waals surface area contributed by atoms with Crippen LogP contribution in [0.2, 0.25) is 0 Å². The number of anilines is 1. The number of hydrogen-bond donors (Lipinski definition) is 2. The highest BCUT2D eigenvalue weighted by Gasteiger charge is 2.19. The number of amides is 1. The van der Waals surface area contributed by atoms with Gasteiger partial charge in [0.05, 0.1) is 6.54 Å². The van der Waals surface area contributed by atoms with Crippen molar-refractivity contribution in [1.29, 1.82) is 0 Å². The topological polar surface area (TPSA) is 58.4 Å². The summed E-state index contributed by atoms with van der Waals surface area (Å²) in [5.41, 5.74) is 9.31. The van der Waals surface area contributed by atoms with Crippen LogP contribution in [0.3, 0.4) is 0 Å². The summed E-state index contributed by atoms with van der Waals surface area (Å²) in [7, 11) is 0. The Bertz CT molecular complexity index is 417. The molecule has 3 N–H and O–H groups in total. The Kier molecular flexibility index (Phi) is 3.64. The second-order valence-corrected chi connectivity index (χ2v) is 4.40. The fourth-order valence-electron chi connectivity index (χ4n) is 2.29. The maximum Gasteiger partial charge on any atom is 0.234 e. The summed E-state index contributed by atoms with van der Waals surface area (Å²) < 4.78 is 0. The molecule has 0 unspecified atom stereocenters. The fourth-order valence-corrected chi connectivity index (χ4v) is 2.29. The Morgan fingerprint density at radius 1 is 1.53 bits per heavy atom. The first-order valence-corrected chi connectivity index (χ1v) is 6.06. The molecule has 17 heavy (non-hydrogen) atoms. The zero-order valence-corrected chi connectivity index (χ0v) is 10.2. The number of hydrogen-bond acceptors (Lipinski definition) is 3. The number of carbonyl (C=O) groups excluding carboxylic acids is 1. The molecule has 0 spiro atoms. The van der Waals surface area contributed by atoms with Crippen molar-refractivity contribution in [3.8, 4) is 0 Å². The average Bonchev–Trinajstić information content (AvgIpc) is 2.29. The molecular formula is C13H19N3O. The van der Waals surface area contributed by atoms with Crippen LogP contribution in [-0.4, -0.2) is 30.4 Å². The maximum atomic E-state index is 11.5. The smallest absolute Gasteiger partial charge is 0.234 e. The first-order valence-electron chi connectivity index (χ1n) is 6.06. The second-order valence-electron chi connectivity index (χ2n) is 4.40. The van der Waals surface area contributed by atoms with E-state index in [0.29, 0.717) is 13.1 Å². The minimum Gasteiger partial charge on any atom is -0.398 e. The molecule has 1 aromatic rings. The first kappa shape index (κ1) is 11.9. The predicted octanol–water partition coefficient (Wildman–Crippen LogP) is 0.763. The highest BCUT2D eigenvalue weighted by atomic mass is 16.2. The molecule has 0 fully saturated rings. The molecule has 1 aliphatic rings. The van der Waals surface area contributed by atoms with Crippen molar-refractivity contribution < 1.29 is 4.79 Å². The monoisotopic (exact) mass is 233 g/mol. The molecule has 0 atom stereocenters. The van der Waals surface area contributed by atoms with E-state index < -0.39 is 0 Å². The quantitative estimate of drug-likeness (QED) is 0.758. The number of rotatable bonds is 3. The van der Waals surface area contributed by atoms with Gasteiger partial charge in [0.15, 0.2) is 0 Å². The number of fused-ring (bicyclic) bond motifs is 1. The van der Waals surface area contributed by atoms with Crippen molar-refractivity contribution in [3.63, 3.8) is 0 Å². The lowest BCUT2D eigenvalue weighted by atomic mass is 9.98. The Morgan fingerprint density at radius 3 is 3.12 bits per heavy atom. The van der Waals surface area contributed by atoms with E-state index in [1.54, 1.807) is 0 Å². The summed E-state index contributed by atoms with van der Waals surface area (Å²) in [5, 5.41) is 2.82. The average molecular weight is 233 g/mol. The van der Waals surface area contributed by atoms with Crippen LogP contribution in [-0.2, 0) is 17.8 Å². The molecule has 0 saturated heterocycles. The molecule has 0 saturated carbocycles. The number of nitrogen functional groups attached to an aromatic ring is 1. The van der Waals surface area contributed by atoms with Gasteiger partial charge in [-0.2, -0.15) is 0 Å². The van der Waals surface area contributed by atoms with E-state index in [1.165, 1.54) is 11.1 Å². The molecule has 0 bridgehead atoms. The van der Waals surface area contributed by atoms with E-state index in [2.05, 4.69) is 16.3 Å². The molecule has 0 radical (unpaired) electrons. The Labute approximate surface area is 102 Å². The summed E-state index contributed by atoms with van der Waals surface area (Å²) in [4.78, 5) is 13.7. The highest BCUT2D eigenvalue weighted by molar-refractivity contribution is 5.78. The molecule has 1 heterocycles. The van der Waals surface area contributed by atoms with Gasteiger partial charge in [-0.05, 0) is 30.5 Å². The van der Waals surface area contributed by atoms with Gasteiger partial charge in [0.25, 0.3) is 0 Å². The summed E-state index contributed by atoms with van der Waals surface area (Å²) in [5.74, 6) is 0.0971. The Balaban J connectivity index is 2.01. The van der Waals surface area contributed by atoms with E-state index in [-0.39, 0.29) is 5.91 Å². The fraction of sp³-hybridized carbons (Fsp3) is 0.462. The summed E-state index contributed by atoms with van der Waals surface area (Å²) in [6, 6.07) is 6.01. The number of carbonyl (C=O) groups is 1. The van der Waals surface area contributed by atoms with Crippen LogP contribution in [0.25, 0.3) is 0 Å². The lowest BCUT2D eigenvalue weighted by Gasteiger charge is -2.28. The van der Waals surface area contributed by atoms with Gasteiger partial charge in [0.2, 0.25) is 5.91 Å². The van der Waals surface area contributed by atoms with E-state index in [4.69, 9.17) is 5.73 Å². The third-order valence-corrected chi connectivity index (χ3v) is 3.12. The van der Waals surface area contributed by atoms with E-state index in [9.17, 15) is 4.79 Å². The largest absolute Gasteiger partial charge is 0.398 e. The third kappa shape index (κ3) is 2.77. The van der Waals surface area contributed by atoms with Crippen molar-refractivity contribution in [2.75, 3.05) is 25.4 Å². The van der Waals surface area contributed by atoms with Crippen molar-refractivity contribution in [2.45, 2.75) is 19.9 Å². The molecule has 4 heteroatoms. The van der Waals surface area contributed by atoms with Crippen LogP contribution >= 0.6 is 0 Å². The van der Waals surface area contributed by atoms with Crippen molar-refractivity contribution in [3.05, 3.63) is 29.3 Å². The van der Waals surface area contributed by atoms with Gasteiger partial charge in [-0.3, -0.25) is 9.69 Å². The normalized spacial score (nSPS) is 15.4. The van der Waals surface area contributed by atoms with Gasteiger partial charge in [0, 0.05) is 25.3 Å². The van der Waals surface area contributed by atoms with Gasteiger partial charge >= 0.3 is 0 Å². The SMILES string of the molecule is CCNC(=O)CN1CCc2c(N)cccc2C1. The molecule has 92 valence electrons. The molecule has 1 aliphatic heterocycles. The first-order chi connectivity index (χ1) is 8.20. The van der Waals surface area contributed by atoms with Crippen LogP contribution < -0.4 is 11.1 Å². The van der Waals surface area contributed by atoms with Crippen molar-refractivity contribution >= 4 is 11.6 Å². The van der Waals surface area contributed by atoms with Crippen LogP contribution in [0.1, 0.15) is 18.1 Å². The molecular weight excluding hydrogens is 214 g/mol. The summed E-state index contributed by atoms with van der Waals surface area (Å²) in [6.45, 7) is 4.82. The van der Waals surface area contributed by atoms with E-state index in [0.717, 1.165) is 25.2 Å². The lowest BCUT2D eigenvalue weighted by Crippen LogP contribution is -2.39. The summed E-state index contributed by atoms with van der Waals surface area (Å²) in [6.07, 6.45) is 0.932. The lowest BCUT2D eigenvalue weighted by molar-refractivity contribution is -0.122. The van der Waals surface area contributed by atoms with Gasteiger partial charge < -0.3 is 11.1 Å². The van der Waals surface area contributed by atoms with Gasteiger partial charge in [-0.15, -0.1) is 0 Å². The van der Waals surface area contributed by atoms with Gasteiger partial charge in [-0.1, -0.05) is 12.1 Å². The molecule has 0 aromatic heterocycles. The van der Waals surface area contributed by atoms with Crippen molar-refractivity contribution in [1.82, 2.24) is 10.2 Å². The Morgan fingerprint density at radius 2 is 2.35 bits per heavy atom. The third-order valence-electron chi connectivity index (χ3n) is 3.12. The molecule has 1 aromatic carbocycles. The number of nitrogens with zero attached hydrogens (tertiary/aromatic N) is 1. The van der Waals surface area contributed by atoms with Gasteiger partial charge in [0.1, 0.15) is 0 Å². The minimum atomic E-state index is 0.0971. The number of likely N-dealkylation sites (N-methyl/N-ethyl adjacent to an activating group) is 1. The minimum absolute atomic E-state index is 0.0971. The highest BCUT2D eigenvalue weighted by Crippen LogP contribution is 2.23. The zero-order chi connectivity index (χ0) is 12.3. The second kappa shape index (κ2) is 5.19. The molecule has 0 aliphatic carbocycles. The zero-order valence-electron chi connectivity index (χ0n) is 10.2. The van der Waals surface area contributed by atoms with E-state index in [1.807, 2.05) is 19.1 Å². The number of nitrogens with two attached hydrogens (primary N) is 1. The number of nitrogens with one attached hydrogen (secondary N) is 1.